The van der Waals surface area contributed by atoms with E-state index in [1.165, 1.54) is 0 Å². The van der Waals surface area contributed by atoms with Crippen LogP contribution < -0.4 is 4.43 Å². The van der Waals surface area contributed by atoms with Crippen molar-refractivity contribution in [2.45, 2.75) is 38.9 Å². The average molecular weight is 303 g/mol. The Bertz CT molecular complexity index is 383. The Morgan fingerprint density at radius 2 is 1.81 bits per heavy atom. The average Bonchev–Trinajstić information content (AvgIpc) is 2.09. The minimum atomic E-state index is -1.81. The van der Waals surface area contributed by atoms with Crippen LogP contribution in [0.3, 0.4) is 0 Å². The van der Waals surface area contributed by atoms with Crippen LogP contribution in [-0.2, 0) is 0 Å². The molecule has 0 unspecified atom stereocenters. The number of rotatable bonds is 2. The molecule has 1 aromatic rings. The number of hydrogen-bond donors (Lipinski definition) is 1. The van der Waals surface area contributed by atoms with Crippen molar-refractivity contribution in [1.29, 1.82) is 0 Å². The molecule has 16 heavy (non-hydrogen) atoms. The summed E-state index contributed by atoms with van der Waals surface area (Å²) in [5, 5.41) is 9.75. The molecular formula is C12H19BrO2Si. The molecule has 0 aliphatic rings. The highest BCUT2D eigenvalue weighted by Crippen LogP contribution is 2.38. The third-order valence-electron chi connectivity index (χ3n) is 3.10. The second-order valence-corrected chi connectivity index (χ2v) is 11.1. The van der Waals surface area contributed by atoms with E-state index in [0.717, 1.165) is 5.75 Å². The summed E-state index contributed by atoms with van der Waals surface area (Å²) in [4.78, 5) is 0. The van der Waals surface area contributed by atoms with Crippen LogP contribution in [-0.4, -0.2) is 13.4 Å². The maximum atomic E-state index is 9.59. The van der Waals surface area contributed by atoms with Gasteiger partial charge in [-0.3, -0.25) is 0 Å². The molecule has 0 aliphatic carbocycles. The van der Waals surface area contributed by atoms with Crippen LogP contribution in [0.15, 0.2) is 22.7 Å². The monoisotopic (exact) mass is 302 g/mol. The fraction of sp³-hybridized carbons (Fsp3) is 0.500. The Hall–Kier alpha value is -0.483. The van der Waals surface area contributed by atoms with Gasteiger partial charge in [0, 0.05) is 6.07 Å². The Balaban J connectivity index is 2.93. The van der Waals surface area contributed by atoms with Gasteiger partial charge in [0.05, 0.1) is 4.47 Å². The highest BCUT2D eigenvalue weighted by Gasteiger charge is 2.38. The van der Waals surface area contributed by atoms with Crippen molar-refractivity contribution in [1.82, 2.24) is 0 Å². The molecule has 1 aromatic carbocycles. The van der Waals surface area contributed by atoms with Crippen LogP contribution in [0, 0.1) is 0 Å². The van der Waals surface area contributed by atoms with Crippen LogP contribution in [0.5, 0.6) is 11.5 Å². The van der Waals surface area contributed by atoms with Gasteiger partial charge in [0.2, 0.25) is 8.32 Å². The lowest BCUT2D eigenvalue weighted by Gasteiger charge is -2.36. The molecule has 0 heterocycles. The smallest absolute Gasteiger partial charge is 0.250 e. The molecule has 0 aliphatic heterocycles. The molecule has 90 valence electrons. The number of hydrogen-bond acceptors (Lipinski definition) is 2. The van der Waals surface area contributed by atoms with Gasteiger partial charge >= 0.3 is 0 Å². The molecule has 1 rings (SSSR count). The van der Waals surface area contributed by atoms with E-state index in [1.807, 2.05) is 6.07 Å². The summed E-state index contributed by atoms with van der Waals surface area (Å²) in [7, 11) is -1.81. The minimum Gasteiger partial charge on any atom is -0.543 e. The Kier molecular flexibility index (Phi) is 3.75. The number of halogens is 1. The van der Waals surface area contributed by atoms with Crippen LogP contribution in [0.1, 0.15) is 20.8 Å². The summed E-state index contributed by atoms with van der Waals surface area (Å²) in [6, 6.07) is 5.34. The topological polar surface area (TPSA) is 29.5 Å². The zero-order chi connectivity index (χ0) is 12.6. The van der Waals surface area contributed by atoms with Gasteiger partial charge in [-0.25, -0.2) is 0 Å². The molecule has 0 radical (unpaired) electrons. The Morgan fingerprint density at radius 1 is 1.25 bits per heavy atom. The number of phenols is 1. The molecular weight excluding hydrogens is 284 g/mol. The van der Waals surface area contributed by atoms with Crippen molar-refractivity contribution in [3.63, 3.8) is 0 Å². The predicted octanol–water partition coefficient (Wildman–Crippen LogP) is 4.54. The van der Waals surface area contributed by atoms with E-state index in [-0.39, 0.29) is 10.8 Å². The van der Waals surface area contributed by atoms with Gasteiger partial charge in [0.1, 0.15) is 11.5 Å². The largest absolute Gasteiger partial charge is 0.543 e. The molecule has 2 nitrogen and oxygen atoms in total. The van der Waals surface area contributed by atoms with Crippen LogP contribution in [0.25, 0.3) is 0 Å². The first kappa shape index (κ1) is 13.6. The van der Waals surface area contributed by atoms with Gasteiger partial charge < -0.3 is 9.53 Å². The minimum absolute atomic E-state index is 0.162. The molecule has 0 saturated heterocycles. The van der Waals surface area contributed by atoms with Gasteiger partial charge in [0.25, 0.3) is 0 Å². The first-order valence-corrected chi connectivity index (χ1v) is 9.01. The molecule has 0 fully saturated rings. The summed E-state index contributed by atoms with van der Waals surface area (Å²) >= 11 is 3.25. The normalized spacial score (nSPS) is 12.6. The van der Waals surface area contributed by atoms with Crippen molar-refractivity contribution in [2.24, 2.45) is 0 Å². The molecule has 1 N–H and O–H groups in total. The van der Waals surface area contributed by atoms with Gasteiger partial charge in [0.15, 0.2) is 0 Å². The summed E-state index contributed by atoms with van der Waals surface area (Å²) < 4.78 is 6.75. The Morgan fingerprint density at radius 3 is 2.25 bits per heavy atom. The molecule has 0 atom stereocenters. The Labute approximate surface area is 107 Å². The molecule has 0 aromatic heterocycles. The fourth-order valence-corrected chi connectivity index (χ4v) is 2.27. The SMILES string of the molecule is CC(C)(C)[Si](C)(C)Oc1ccc(Br)c(O)c1. The molecule has 0 spiro atoms. The van der Waals surface area contributed by atoms with Crippen molar-refractivity contribution < 1.29 is 9.53 Å². The lowest BCUT2D eigenvalue weighted by atomic mass is 10.2. The summed E-state index contributed by atoms with van der Waals surface area (Å²) in [6.07, 6.45) is 0. The van der Waals surface area contributed by atoms with E-state index in [2.05, 4.69) is 49.8 Å². The number of phenolic OH excluding ortho intramolecular Hbond substituents is 1. The van der Waals surface area contributed by atoms with Gasteiger partial charge in [-0.05, 0) is 46.2 Å². The van der Waals surface area contributed by atoms with Gasteiger partial charge in [-0.1, -0.05) is 20.8 Å². The summed E-state index contributed by atoms with van der Waals surface area (Å²) in [5.41, 5.74) is 0. The van der Waals surface area contributed by atoms with E-state index < -0.39 is 8.32 Å². The third kappa shape index (κ3) is 3.01. The summed E-state index contributed by atoms with van der Waals surface area (Å²) in [5.74, 6) is 0.962. The highest BCUT2D eigenvalue weighted by atomic mass is 79.9. The first-order valence-electron chi connectivity index (χ1n) is 5.31. The van der Waals surface area contributed by atoms with Crippen molar-refractivity contribution >= 4 is 24.2 Å². The second kappa shape index (κ2) is 4.41. The van der Waals surface area contributed by atoms with Crippen LogP contribution >= 0.6 is 15.9 Å². The van der Waals surface area contributed by atoms with Gasteiger partial charge in [-0.2, -0.15) is 0 Å². The maximum absolute atomic E-state index is 9.59. The molecule has 4 heteroatoms. The molecule has 0 saturated carbocycles. The van der Waals surface area contributed by atoms with Crippen molar-refractivity contribution in [2.75, 3.05) is 0 Å². The quantitative estimate of drug-likeness (QED) is 0.813. The number of aromatic hydroxyl groups is 1. The van der Waals surface area contributed by atoms with Crippen LogP contribution in [0.2, 0.25) is 18.1 Å². The second-order valence-electron chi connectivity index (χ2n) is 5.48. The maximum Gasteiger partial charge on any atom is 0.250 e. The van der Waals surface area contributed by atoms with Crippen LogP contribution in [0.4, 0.5) is 0 Å². The first-order chi connectivity index (χ1) is 7.13. The highest BCUT2D eigenvalue weighted by molar-refractivity contribution is 9.10. The fourth-order valence-electron chi connectivity index (χ4n) is 1.00. The molecule has 0 amide bonds. The zero-order valence-corrected chi connectivity index (χ0v) is 13.1. The van der Waals surface area contributed by atoms with E-state index in [0.29, 0.717) is 4.47 Å². The zero-order valence-electron chi connectivity index (χ0n) is 10.5. The van der Waals surface area contributed by atoms with Crippen molar-refractivity contribution in [3.05, 3.63) is 22.7 Å². The lowest BCUT2D eigenvalue weighted by molar-refractivity contribution is 0.458. The van der Waals surface area contributed by atoms with E-state index in [9.17, 15) is 5.11 Å². The third-order valence-corrected chi connectivity index (χ3v) is 8.13. The number of benzene rings is 1. The van der Waals surface area contributed by atoms with E-state index >= 15 is 0 Å². The van der Waals surface area contributed by atoms with E-state index in [1.54, 1.807) is 12.1 Å². The standard InChI is InChI=1S/C12H19BrO2Si/c1-12(2,3)16(4,5)15-9-6-7-10(13)11(14)8-9/h6-8,14H,1-5H3. The van der Waals surface area contributed by atoms with E-state index in [4.69, 9.17) is 4.43 Å². The lowest BCUT2D eigenvalue weighted by Crippen LogP contribution is -2.43. The molecule has 0 bridgehead atoms. The predicted molar refractivity (Wildman–Crippen MR) is 73.6 cm³/mol. The summed E-state index contributed by atoms with van der Waals surface area (Å²) in [6.45, 7) is 11.0. The van der Waals surface area contributed by atoms with Gasteiger partial charge in [-0.15, -0.1) is 0 Å². The van der Waals surface area contributed by atoms with Crippen molar-refractivity contribution in [3.8, 4) is 11.5 Å².